The molecule has 1 radical (unpaired) electrons. The maximum absolute atomic E-state index is 12.5. The molecule has 9 heteroatoms. The summed E-state index contributed by atoms with van der Waals surface area (Å²) < 4.78 is 30.0. The summed E-state index contributed by atoms with van der Waals surface area (Å²) in [5.41, 5.74) is -2.27. The van der Waals surface area contributed by atoms with Crippen LogP contribution in [0.3, 0.4) is 0 Å². The van der Waals surface area contributed by atoms with Gasteiger partial charge in [0.05, 0.1) is 5.39 Å². The Bertz CT molecular complexity index is 938. The number of rotatable bonds is 2. The van der Waals surface area contributed by atoms with E-state index in [2.05, 4.69) is 0 Å². The quantitative estimate of drug-likeness (QED) is 0.340. The normalized spacial score (nSPS) is 9.96. The maximum atomic E-state index is 12.5. The first-order chi connectivity index (χ1) is 10.0. The first kappa shape index (κ1) is 22.7. The van der Waals surface area contributed by atoms with E-state index in [-0.39, 0.29) is 71.3 Å². The van der Waals surface area contributed by atoms with Gasteiger partial charge in [-0.05, 0) is 16.8 Å². The molecule has 24 heavy (non-hydrogen) atoms. The summed E-state index contributed by atoms with van der Waals surface area (Å²) in [5.74, 6) is -2.53. The zero-order valence-corrected chi connectivity index (χ0v) is 14.3. The minimum absolute atomic E-state index is 0. The minimum atomic E-state index is -3.40. The number of hydrogen-bond donors (Lipinski definition) is 1. The molecule has 0 bridgehead atoms. The van der Waals surface area contributed by atoms with Gasteiger partial charge in [0, 0.05) is 49.4 Å². The van der Waals surface area contributed by atoms with E-state index in [1.807, 2.05) is 0 Å². The van der Waals surface area contributed by atoms with Gasteiger partial charge in [-0.3, -0.25) is 4.79 Å². The summed E-state index contributed by atoms with van der Waals surface area (Å²) in [5, 5.41) is 11.4. The predicted octanol–water partition coefficient (Wildman–Crippen LogP) is 1.45. The molecule has 0 aliphatic rings. The van der Waals surface area contributed by atoms with Crippen LogP contribution in [-0.4, -0.2) is 28.3 Å². The van der Waals surface area contributed by atoms with Crippen LogP contribution in [0.4, 0.5) is 8.78 Å². The zero-order valence-electron chi connectivity index (χ0n) is 11.8. The van der Waals surface area contributed by atoms with Crippen LogP contribution in [0.15, 0.2) is 45.6 Å². The Morgan fingerprint density at radius 2 is 1.71 bits per heavy atom. The van der Waals surface area contributed by atoms with Crippen molar-refractivity contribution < 1.29 is 83.4 Å². The first-order valence-electron chi connectivity index (χ1n) is 6.00. The second-order valence-electron chi connectivity index (χ2n) is 4.44. The van der Waals surface area contributed by atoms with Crippen molar-refractivity contribution in [1.82, 2.24) is 0 Å². The number of carbonyl (C=O) groups excluding carboxylic acids is 1. The predicted molar refractivity (Wildman–Crippen MR) is 79.2 cm³/mol. The van der Waals surface area contributed by atoms with Gasteiger partial charge < -0.3 is 20.5 Å². The molecule has 0 spiro atoms. The molecule has 0 saturated heterocycles. The van der Waals surface area contributed by atoms with Crippen LogP contribution in [0.2, 0.25) is 0 Å². The van der Waals surface area contributed by atoms with Crippen molar-refractivity contribution in [1.29, 1.82) is 0 Å². The number of halogens is 2. The van der Waals surface area contributed by atoms with Gasteiger partial charge in [0.2, 0.25) is 5.78 Å². The van der Waals surface area contributed by atoms with Crippen LogP contribution in [0, 0.1) is 49.4 Å². The van der Waals surface area contributed by atoms with Gasteiger partial charge in [0.1, 0.15) is 11.3 Å². The molecular formula is C15H12EuF2O6. The second kappa shape index (κ2) is 8.73. The number of ketones is 1. The smallest absolute Gasteiger partial charge is 0.351 e. The summed E-state index contributed by atoms with van der Waals surface area (Å²) in [7, 11) is 0. The van der Waals surface area contributed by atoms with E-state index in [4.69, 9.17) is 4.42 Å². The third-order valence-electron chi connectivity index (χ3n) is 3.22. The van der Waals surface area contributed by atoms with E-state index >= 15 is 0 Å². The molecule has 2 aromatic carbocycles. The second-order valence-corrected chi connectivity index (χ2v) is 4.44. The van der Waals surface area contributed by atoms with Gasteiger partial charge >= 0.3 is 12.1 Å². The number of aromatic hydroxyl groups is 1. The van der Waals surface area contributed by atoms with Crippen molar-refractivity contribution in [2.75, 3.05) is 0 Å². The SMILES string of the molecule is O.O.O=C(c1c(O)c2c(ccc3ccccc32)oc1=O)C(F)F.[Eu]. The third-order valence-corrected chi connectivity index (χ3v) is 3.22. The first-order valence-corrected chi connectivity index (χ1v) is 6.00. The minimum Gasteiger partial charge on any atom is -0.506 e. The van der Waals surface area contributed by atoms with E-state index in [0.717, 1.165) is 0 Å². The molecule has 1 heterocycles. The topological polar surface area (TPSA) is 131 Å². The summed E-state index contributed by atoms with van der Waals surface area (Å²) in [6.07, 6.45) is -3.40. The third kappa shape index (κ3) is 3.70. The van der Waals surface area contributed by atoms with Crippen LogP contribution < -0.4 is 5.63 Å². The monoisotopic (exact) mass is 479 g/mol. The van der Waals surface area contributed by atoms with E-state index in [9.17, 15) is 23.5 Å². The molecule has 0 aliphatic carbocycles. The van der Waals surface area contributed by atoms with Crippen molar-refractivity contribution in [3.05, 3.63) is 52.4 Å². The summed E-state index contributed by atoms with van der Waals surface area (Å²) in [4.78, 5) is 23.1. The fourth-order valence-electron chi connectivity index (χ4n) is 2.28. The molecule has 0 saturated carbocycles. The molecule has 129 valence electrons. The average Bonchev–Trinajstić information content (AvgIpc) is 2.46. The molecule has 0 aliphatic heterocycles. The molecule has 3 rings (SSSR count). The van der Waals surface area contributed by atoms with Crippen molar-refractivity contribution >= 4 is 27.5 Å². The zero-order chi connectivity index (χ0) is 15.1. The van der Waals surface area contributed by atoms with Crippen molar-refractivity contribution in [2.45, 2.75) is 6.43 Å². The van der Waals surface area contributed by atoms with Crippen molar-refractivity contribution in [2.24, 2.45) is 0 Å². The molecule has 1 aromatic heterocycles. The number of carbonyl (C=O) groups is 1. The van der Waals surface area contributed by atoms with Crippen LogP contribution in [0.25, 0.3) is 21.7 Å². The van der Waals surface area contributed by atoms with Crippen LogP contribution in [0.5, 0.6) is 5.75 Å². The fourth-order valence-corrected chi connectivity index (χ4v) is 2.28. The van der Waals surface area contributed by atoms with Crippen LogP contribution in [-0.2, 0) is 0 Å². The van der Waals surface area contributed by atoms with Gasteiger partial charge in [0.25, 0.3) is 0 Å². The van der Waals surface area contributed by atoms with Crippen molar-refractivity contribution in [3.63, 3.8) is 0 Å². The van der Waals surface area contributed by atoms with E-state index in [1.54, 1.807) is 30.3 Å². The van der Waals surface area contributed by atoms with Gasteiger partial charge in [-0.25, -0.2) is 13.6 Å². The average molecular weight is 478 g/mol. The molecule has 6 nitrogen and oxygen atoms in total. The Morgan fingerprint density at radius 3 is 2.33 bits per heavy atom. The number of fused-ring (bicyclic) bond motifs is 3. The Balaban J connectivity index is 0.00000176. The Labute approximate surface area is 174 Å². The number of benzene rings is 2. The molecule has 5 N–H and O–H groups in total. The Morgan fingerprint density at radius 1 is 1.08 bits per heavy atom. The molecule has 0 fully saturated rings. The number of Topliss-reactive ketones (excluding diaryl/α,β-unsaturated/α-hetero) is 1. The fraction of sp³-hybridized carbons (Fsp3) is 0.0667. The van der Waals surface area contributed by atoms with E-state index < -0.39 is 29.1 Å². The van der Waals surface area contributed by atoms with Gasteiger partial charge in [-0.15, -0.1) is 0 Å². The molecular weight excluding hydrogens is 466 g/mol. The summed E-state index contributed by atoms with van der Waals surface area (Å²) >= 11 is 0. The number of alkyl halides is 2. The Hall–Kier alpha value is -1.26. The van der Waals surface area contributed by atoms with Crippen molar-refractivity contribution in [3.8, 4) is 5.75 Å². The summed E-state index contributed by atoms with van der Waals surface area (Å²) in [6, 6.07) is 9.92. The Kier molecular flexibility index (Phi) is 8.27. The summed E-state index contributed by atoms with van der Waals surface area (Å²) in [6.45, 7) is 0. The number of hydrogen-bond acceptors (Lipinski definition) is 4. The van der Waals surface area contributed by atoms with E-state index in [1.165, 1.54) is 6.07 Å². The molecule has 0 amide bonds. The van der Waals surface area contributed by atoms with Crippen LogP contribution >= 0.6 is 0 Å². The van der Waals surface area contributed by atoms with Gasteiger partial charge in [-0.2, -0.15) is 0 Å². The largest absolute Gasteiger partial charge is 0.506 e. The van der Waals surface area contributed by atoms with Gasteiger partial charge in [-0.1, -0.05) is 30.3 Å². The molecule has 0 unspecified atom stereocenters. The molecule has 3 aromatic rings. The van der Waals surface area contributed by atoms with E-state index in [0.29, 0.717) is 10.8 Å². The molecule has 0 atom stereocenters. The van der Waals surface area contributed by atoms with Gasteiger partial charge in [0.15, 0.2) is 5.56 Å². The maximum Gasteiger partial charge on any atom is 0.351 e. The standard InChI is InChI=1S/C15H8F2O4.Eu.2H2O/c16-14(17)13(19)11-12(18)10-8-4-2-1-3-7(8)5-6-9(10)21-15(11)20;;;/h1-6,14,18H;;2*1H2. The van der Waals surface area contributed by atoms with Crippen LogP contribution in [0.1, 0.15) is 10.4 Å².